The third-order valence-electron chi connectivity index (χ3n) is 3.65. The van der Waals surface area contributed by atoms with Crippen molar-refractivity contribution in [2.75, 3.05) is 13.1 Å². The SMILES string of the molecule is CC(C)CN1CCCCCC1c1ccccc1. The van der Waals surface area contributed by atoms with Crippen LogP contribution in [-0.2, 0) is 0 Å². The van der Waals surface area contributed by atoms with E-state index in [1.165, 1.54) is 44.3 Å². The second-order valence-corrected chi connectivity index (χ2v) is 5.66. The van der Waals surface area contributed by atoms with Crippen LogP contribution in [0.25, 0.3) is 0 Å². The van der Waals surface area contributed by atoms with Gasteiger partial charge in [0.25, 0.3) is 0 Å². The molecule has 1 aromatic carbocycles. The van der Waals surface area contributed by atoms with Gasteiger partial charge in [0.1, 0.15) is 0 Å². The van der Waals surface area contributed by atoms with Crippen molar-refractivity contribution < 1.29 is 0 Å². The molecule has 1 fully saturated rings. The Kier molecular flexibility index (Phi) is 4.61. The van der Waals surface area contributed by atoms with Crippen LogP contribution in [0.4, 0.5) is 0 Å². The van der Waals surface area contributed by atoms with Crippen molar-refractivity contribution in [1.29, 1.82) is 0 Å². The molecule has 1 heteroatoms. The molecule has 1 aliphatic rings. The van der Waals surface area contributed by atoms with Gasteiger partial charge in [0.2, 0.25) is 0 Å². The van der Waals surface area contributed by atoms with E-state index in [1.807, 2.05) is 0 Å². The molecule has 2 rings (SSSR count). The molecule has 1 heterocycles. The Bertz CT molecular complexity index is 318. The molecular formula is C16H25N. The van der Waals surface area contributed by atoms with Crippen LogP contribution in [0.3, 0.4) is 0 Å². The van der Waals surface area contributed by atoms with E-state index in [1.54, 1.807) is 0 Å². The average Bonchev–Trinajstić information content (AvgIpc) is 2.55. The quantitative estimate of drug-likeness (QED) is 0.751. The third-order valence-corrected chi connectivity index (χ3v) is 3.65. The Balaban J connectivity index is 2.14. The topological polar surface area (TPSA) is 3.24 Å². The van der Waals surface area contributed by atoms with E-state index >= 15 is 0 Å². The molecular weight excluding hydrogens is 206 g/mol. The Hall–Kier alpha value is -0.820. The van der Waals surface area contributed by atoms with Gasteiger partial charge >= 0.3 is 0 Å². The average molecular weight is 231 g/mol. The molecule has 1 aliphatic heterocycles. The predicted octanol–water partition coefficient (Wildman–Crippen LogP) is 4.26. The van der Waals surface area contributed by atoms with Crippen LogP contribution in [0.15, 0.2) is 30.3 Å². The largest absolute Gasteiger partial charge is 0.296 e. The fourth-order valence-corrected chi connectivity index (χ4v) is 2.91. The molecule has 1 saturated heterocycles. The van der Waals surface area contributed by atoms with Gasteiger partial charge in [0.05, 0.1) is 0 Å². The first kappa shape index (κ1) is 12.6. The highest BCUT2D eigenvalue weighted by Gasteiger charge is 2.22. The van der Waals surface area contributed by atoms with Crippen LogP contribution in [0.1, 0.15) is 51.1 Å². The van der Waals surface area contributed by atoms with Crippen LogP contribution in [0, 0.1) is 5.92 Å². The van der Waals surface area contributed by atoms with E-state index in [-0.39, 0.29) is 0 Å². The molecule has 1 atom stereocenters. The highest BCUT2D eigenvalue weighted by atomic mass is 15.2. The van der Waals surface area contributed by atoms with Crippen molar-refractivity contribution in [3.63, 3.8) is 0 Å². The van der Waals surface area contributed by atoms with Crippen molar-refractivity contribution in [2.45, 2.75) is 45.6 Å². The van der Waals surface area contributed by atoms with E-state index in [0.717, 1.165) is 5.92 Å². The summed E-state index contributed by atoms with van der Waals surface area (Å²) in [5, 5.41) is 0. The lowest BCUT2D eigenvalue weighted by Gasteiger charge is -2.31. The minimum absolute atomic E-state index is 0.654. The molecule has 0 aliphatic carbocycles. The van der Waals surface area contributed by atoms with Crippen LogP contribution in [0.2, 0.25) is 0 Å². The van der Waals surface area contributed by atoms with Crippen molar-refractivity contribution in [2.24, 2.45) is 5.92 Å². The lowest BCUT2D eigenvalue weighted by atomic mass is 10.00. The van der Waals surface area contributed by atoms with E-state index in [4.69, 9.17) is 0 Å². The predicted molar refractivity (Wildman–Crippen MR) is 74.1 cm³/mol. The zero-order valence-electron chi connectivity index (χ0n) is 11.2. The maximum atomic E-state index is 2.70. The van der Waals surface area contributed by atoms with E-state index in [2.05, 4.69) is 49.1 Å². The molecule has 17 heavy (non-hydrogen) atoms. The van der Waals surface area contributed by atoms with Gasteiger partial charge in [0, 0.05) is 12.6 Å². The molecule has 0 N–H and O–H groups in total. The maximum Gasteiger partial charge on any atom is 0.0348 e. The maximum absolute atomic E-state index is 2.70. The smallest absolute Gasteiger partial charge is 0.0348 e. The molecule has 0 amide bonds. The van der Waals surface area contributed by atoms with Crippen molar-refractivity contribution in [3.05, 3.63) is 35.9 Å². The summed E-state index contributed by atoms with van der Waals surface area (Å²) < 4.78 is 0. The molecule has 1 unspecified atom stereocenters. The van der Waals surface area contributed by atoms with Crippen molar-refractivity contribution >= 4 is 0 Å². The van der Waals surface area contributed by atoms with Crippen LogP contribution < -0.4 is 0 Å². The Labute approximate surface area is 106 Å². The number of hydrogen-bond acceptors (Lipinski definition) is 1. The molecule has 0 bridgehead atoms. The standard InChI is InChI=1S/C16H25N/c1-14(2)13-17-12-8-4-7-11-16(17)15-9-5-3-6-10-15/h3,5-6,9-10,14,16H,4,7-8,11-13H2,1-2H3. The number of hydrogen-bond donors (Lipinski definition) is 0. The first-order chi connectivity index (χ1) is 8.27. The normalized spacial score (nSPS) is 22.6. The zero-order valence-corrected chi connectivity index (χ0v) is 11.2. The van der Waals surface area contributed by atoms with Gasteiger partial charge < -0.3 is 0 Å². The highest BCUT2D eigenvalue weighted by Crippen LogP contribution is 2.30. The van der Waals surface area contributed by atoms with Gasteiger partial charge in [-0.3, -0.25) is 4.90 Å². The Morgan fingerprint density at radius 1 is 1.12 bits per heavy atom. The number of likely N-dealkylation sites (tertiary alicyclic amines) is 1. The minimum Gasteiger partial charge on any atom is -0.296 e. The monoisotopic (exact) mass is 231 g/mol. The molecule has 94 valence electrons. The molecule has 1 aromatic rings. The molecule has 0 spiro atoms. The second-order valence-electron chi connectivity index (χ2n) is 5.66. The van der Waals surface area contributed by atoms with E-state index in [9.17, 15) is 0 Å². The van der Waals surface area contributed by atoms with Crippen LogP contribution in [0.5, 0.6) is 0 Å². The number of benzene rings is 1. The van der Waals surface area contributed by atoms with Gasteiger partial charge in [-0.05, 0) is 30.9 Å². The van der Waals surface area contributed by atoms with Crippen molar-refractivity contribution in [1.82, 2.24) is 4.90 Å². The van der Waals surface area contributed by atoms with E-state index in [0.29, 0.717) is 6.04 Å². The number of rotatable bonds is 3. The lowest BCUT2D eigenvalue weighted by molar-refractivity contribution is 0.179. The summed E-state index contributed by atoms with van der Waals surface area (Å²) in [6.45, 7) is 7.16. The lowest BCUT2D eigenvalue weighted by Crippen LogP contribution is -2.31. The van der Waals surface area contributed by atoms with Crippen LogP contribution >= 0.6 is 0 Å². The van der Waals surface area contributed by atoms with E-state index < -0.39 is 0 Å². The summed E-state index contributed by atoms with van der Waals surface area (Å²) in [6.07, 6.45) is 5.48. The molecule has 0 saturated carbocycles. The molecule has 1 nitrogen and oxygen atoms in total. The summed E-state index contributed by atoms with van der Waals surface area (Å²) in [7, 11) is 0. The van der Waals surface area contributed by atoms with Gasteiger partial charge in [-0.15, -0.1) is 0 Å². The summed E-state index contributed by atoms with van der Waals surface area (Å²) in [5.74, 6) is 0.763. The minimum atomic E-state index is 0.654. The molecule has 0 radical (unpaired) electrons. The van der Waals surface area contributed by atoms with Crippen LogP contribution in [-0.4, -0.2) is 18.0 Å². The third kappa shape index (κ3) is 3.57. The summed E-state index contributed by atoms with van der Waals surface area (Å²) >= 11 is 0. The Morgan fingerprint density at radius 3 is 2.59 bits per heavy atom. The van der Waals surface area contributed by atoms with Gasteiger partial charge in [-0.25, -0.2) is 0 Å². The highest BCUT2D eigenvalue weighted by molar-refractivity contribution is 5.19. The zero-order chi connectivity index (χ0) is 12.1. The fourth-order valence-electron chi connectivity index (χ4n) is 2.91. The number of nitrogens with zero attached hydrogens (tertiary/aromatic N) is 1. The first-order valence-electron chi connectivity index (χ1n) is 7.06. The summed E-state index contributed by atoms with van der Waals surface area (Å²) in [4.78, 5) is 2.70. The summed E-state index contributed by atoms with van der Waals surface area (Å²) in [6, 6.07) is 11.7. The van der Waals surface area contributed by atoms with Gasteiger partial charge in [-0.1, -0.05) is 57.0 Å². The second kappa shape index (κ2) is 6.20. The first-order valence-corrected chi connectivity index (χ1v) is 7.06. The molecule has 0 aromatic heterocycles. The Morgan fingerprint density at radius 2 is 1.88 bits per heavy atom. The van der Waals surface area contributed by atoms with Gasteiger partial charge in [0.15, 0.2) is 0 Å². The van der Waals surface area contributed by atoms with Gasteiger partial charge in [-0.2, -0.15) is 0 Å². The van der Waals surface area contributed by atoms with Crippen molar-refractivity contribution in [3.8, 4) is 0 Å². The fraction of sp³-hybridized carbons (Fsp3) is 0.625. The summed E-state index contributed by atoms with van der Waals surface area (Å²) in [5.41, 5.74) is 1.51.